The zero-order chi connectivity index (χ0) is 15.4. The van der Waals surface area contributed by atoms with Crippen LogP contribution in [-0.2, 0) is 20.0 Å². The number of aryl methyl sites for hydroxylation is 2. The van der Waals surface area contributed by atoms with E-state index in [-0.39, 0.29) is 6.04 Å². The van der Waals surface area contributed by atoms with Crippen LogP contribution in [0, 0.1) is 0 Å². The van der Waals surface area contributed by atoms with Crippen molar-refractivity contribution in [3.63, 3.8) is 0 Å². The van der Waals surface area contributed by atoms with E-state index in [1.807, 2.05) is 23.9 Å². The van der Waals surface area contributed by atoms with Gasteiger partial charge in [-0.25, -0.2) is 0 Å². The van der Waals surface area contributed by atoms with E-state index in [2.05, 4.69) is 52.3 Å². The maximum absolute atomic E-state index is 5.19. The fourth-order valence-corrected chi connectivity index (χ4v) is 3.03. The minimum atomic E-state index is 0.266. The van der Waals surface area contributed by atoms with Gasteiger partial charge < -0.3 is 10.1 Å². The molecule has 0 fully saturated rings. The molecule has 0 unspecified atom stereocenters. The van der Waals surface area contributed by atoms with Gasteiger partial charge in [-0.05, 0) is 47.0 Å². The summed E-state index contributed by atoms with van der Waals surface area (Å²) in [5.41, 5.74) is 3.52. The summed E-state index contributed by atoms with van der Waals surface area (Å²) < 4.78 is 8.24. The largest absolute Gasteiger partial charge is 0.497 e. The van der Waals surface area contributed by atoms with Crippen molar-refractivity contribution in [2.75, 3.05) is 7.11 Å². The summed E-state index contributed by atoms with van der Waals surface area (Å²) in [5.74, 6) is 0.882. The van der Waals surface area contributed by atoms with Crippen molar-refractivity contribution in [3.8, 4) is 5.75 Å². The molecule has 0 saturated carbocycles. The maximum Gasteiger partial charge on any atom is 0.118 e. The van der Waals surface area contributed by atoms with E-state index in [1.54, 1.807) is 7.11 Å². The van der Waals surface area contributed by atoms with Crippen LogP contribution in [0.25, 0.3) is 0 Å². The van der Waals surface area contributed by atoms with Crippen LogP contribution in [-0.4, -0.2) is 16.9 Å². The molecular weight excluding hydrogens is 330 g/mol. The van der Waals surface area contributed by atoms with Crippen molar-refractivity contribution < 1.29 is 4.74 Å². The Morgan fingerprint density at radius 1 is 1.33 bits per heavy atom. The summed E-state index contributed by atoms with van der Waals surface area (Å²) in [5, 5.41) is 8.06. The Hall–Kier alpha value is -1.33. The molecule has 5 heteroatoms. The number of ether oxygens (including phenoxy) is 1. The fraction of sp³-hybridized carbons (Fsp3) is 0.438. The standard InChI is InChI=1S/C16H22BrN3O/c1-5-14-16(17)15(20(3)19-14)10-18-11(2)12-6-8-13(21-4)9-7-12/h6-9,11,18H,5,10H2,1-4H3/t11-/m1/s1. The minimum absolute atomic E-state index is 0.266. The predicted octanol–water partition coefficient (Wildman–Crippen LogP) is 3.60. The van der Waals surface area contributed by atoms with Gasteiger partial charge in [0.25, 0.3) is 0 Å². The van der Waals surface area contributed by atoms with E-state index in [1.165, 1.54) is 11.3 Å². The molecular formula is C16H22BrN3O. The van der Waals surface area contributed by atoms with Gasteiger partial charge in [-0.1, -0.05) is 19.1 Å². The topological polar surface area (TPSA) is 39.1 Å². The Balaban J connectivity index is 2.03. The molecule has 1 N–H and O–H groups in total. The molecule has 0 radical (unpaired) electrons. The van der Waals surface area contributed by atoms with Gasteiger partial charge in [-0.15, -0.1) is 0 Å². The lowest BCUT2D eigenvalue weighted by Crippen LogP contribution is -2.20. The van der Waals surface area contributed by atoms with E-state index >= 15 is 0 Å². The molecule has 0 aliphatic carbocycles. The predicted molar refractivity (Wildman–Crippen MR) is 88.5 cm³/mol. The molecule has 0 bridgehead atoms. The highest BCUT2D eigenvalue weighted by Gasteiger charge is 2.13. The zero-order valence-corrected chi connectivity index (χ0v) is 14.6. The number of halogens is 1. The molecule has 0 saturated heterocycles. The van der Waals surface area contributed by atoms with Crippen LogP contribution >= 0.6 is 15.9 Å². The SMILES string of the molecule is CCc1nn(C)c(CN[C@H](C)c2ccc(OC)cc2)c1Br. The third-order valence-corrected chi connectivity index (χ3v) is 4.61. The molecule has 2 aromatic rings. The summed E-state index contributed by atoms with van der Waals surface area (Å²) in [4.78, 5) is 0. The van der Waals surface area contributed by atoms with Crippen molar-refractivity contribution in [1.82, 2.24) is 15.1 Å². The molecule has 0 aliphatic heterocycles. The highest BCUT2D eigenvalue weighted by Crippen LogP contribution is 2.23. The molecule has 4 nitrogen and oxygen atoms in total. The van der Waals surface area contributed by atoms with E-state index in [4.69, 9.17) is 4.74 Å². The van der Waals surface area contributed by atoms with Gasteiger partial charge in [0.1, 0.15) is 5.75 Å². The summed E-state index contributed by atoms with van der Waals surface area (Å²) in [6.45, 7) is 5.05. The lowest BCUT2D eigenvalue weighted by molar-refractivity contribution is 0.414. The van der Waals surface area contributed by atoms with Gasteiger partial charge in [0, 0.05) is 19.6 Å². The number of benzene rings is 1. The zero-order valence-electron chi connectivity index (χ0n) is 13.0. The van der Waals surface area contributed by atoms with E-state index in [9.17, 15) is 0 Å². The van der Waals surface area contributed by atoms with E-state index in [0.717, 1.165) is 28.9 Å². The van der Waals surface area contributed by atoms with Gasteiger partial charge >= 0.3 is 0 Å². The molecule has 1 atom stereocenters. The molecule has 1 aromatic heterocycles. The maximum atomic E-state index is 5.19. The molecule has 2 rings (SSSR count). The number of rotatable bonds is 6. The summed E-state index contributed by atoms with van der Waals surface area (Å²) in [6.07, 6.45) is 0.933. The number of nitrogens with one attached hydrogen (secondary N) is 1. The van der Waals surface area contributed by atoms with Crippen molar-refractivity contribution in [2.45, 2.75) is 32.9 Å². The third-order valence-electron chi connectivity index (χ3n) is 3.69. The molecule has 1 heterocycles. The van der Waals surface area contributed by atoms with Crippen molar-refractivity contribution in [1.29, 1.82) is 0 Å². The first-order valence-corrected chi connectivity index (χ1v) is 7.93. The first-order valence-electron chi connectivity index (χ1n) is 7.14. The van der Waals surface area contributed by atoms with Gasteiger partial charge in [-0.3, -0.25) is 4.68 Å². The molecule has 0 amide bonds. The van der Waals surface area contributed by atoms with Crippen LogP contribution in [0.5, 0.6) is 5.75 Å². The summed E-state index contributed by atoms with van der Waals surface area (Å²) in [7, 11) is 3.67. The number of methoxy groups -OCH3 is 1. The Labute approximate surface area is 134 Å². The molecule has 1 aromatic carbocycles. The fourth-order valence-electron chi connectivity index (χ4n) is 2.27. The van der Waals surface area contributed by atoms with E-state index < -0.39 is 0 Å². The Morgan fingerprint density at radius 3 is 2.52 bits per heavy atom. The lowest BCUT2D eigenvalue weighted by Gasteiger charge is -2.15. The van der Waals surface area contributed by atoms with Crippen molar-refractivity contribution >= 4 is 15.9 Å². The Morgan fingerprint density at radius 2 is 2.00 bits per heavy atom. The third kappa shape index (κ3) is 3.66. The van der Waals surface area contributed by atoms with Crippen LogP contribution in [0.1, 0.15) is 36.8 Å². The second-order valence-electron chi connectivity index (χ2n) is 5.06. The first kappa shape index (κ1) is 16.0. The van der Waals surface area contributed by atoms with Crippen molar-refractivity contribution in [2.24, 2.45) is 7.05 Å². The summed E-state index contributed by atoms with van der Waals surface area (Å²) in [6, 6.07) is 8.42. The van der Waals surface area contributed by atoms with Crippen LogP contribution in [0.2, 0.25) is 0 Å². The van der Waals surface area contributed by atoms with Gasteiger partial charge in [0.15, 0.2) is 0 Å². The van der Waals surface area contributed by atoms with Gasteiger partial charge in [0.2, 0.25) is 0 Å². The second kappa shape index (κ2) is 7.09. The van der Waals surface area contributed by atoms with Crippen LogP contribution in [0.4, 0.5) is 0 Å². The van der Waals surface area contributed by atoms with Crippen molar-refractivity contribution in [3.05, 3.63) is 45.7 Å². The van der Waals surface area contributed by atoms with Crippen LogP contribution in [0.15, 0.2) is 28.7 Å². The number of hydrogen-bond acceptors (Lipinski definition) is 3. The van der Waals surface area contributed by atoms with Crippen LogP contribution < -0.4 is 10.1 Å². The molecule has 0 spiro atoms. The lowest BCUT2D eigenvalue weighted by atomic mass is 10.1. The Kier molecular flexibility index (Phi) is 5.42. The Bertz CT molecular complexity index is 592. The molecule has 114 valence electrons. The average Bonchev–Trinajstić information content (AvgIpc) is 2.79. The smallest absolute Gasteiger partial charge is 0.118 e. The van der Waals surface area contributed by atoms with Gasteiger partial charge in [0.05, 0.1) is 23.0 Å². The minimum Gasteiger partial charge on any atom is -0.497 e. The van der Waals surface area contributed by atoms with E-state index in [0.29, 0.717) is 0 Å². The second-order valence-corrected chi connectivity index (χ2v) is 5.85. The molecule has 21 heavy (non-hydrogen) atoms. The number of hydrogen-bond donors (Lipinski definition) is 1. The first-order chi connectivity index (χ1) is 10.1. The highest BCUT2D eigenvalue weighted by atomic mass is 79.9. The quantitative estimate of drug-likeness (QED) is 0.863. The normalized spacial score (nSPS) is 12.4. The highest BCUT2D eigenvalue weighted by molar-refractivity contribution is 9.10. The number of nitrogens with zero attached hydrogens (tertiary/aromatic N) is 2. The summed E-state index contributed by atoms with van der Waals surface area (Å²) >= 11 is 3.65. The van der Waals surface area contributed by atoms with Gasteiger partial charge in [-0.2, -0.15) is 5.10 Å². The molecule has 0 aliphatic rings. The van der Waals surface area contributed by atoms with Crippen LogP contribution in [0.3, 0.4) is 0 Å². The number of aromatic nitrogens is 2. The monoisotopic (exact) mass is 351 g/mol. The average molecular weight is 352 g/mol.